The van der Waals surface area contributed by atoms with Gasteiger partial charge in [-0.05, 0) is 23.8 Å². The van der Waals surface area contributed by atoms with Crippen LogP contribution in [0.5, 0.6) is 0 Å². The SMILES string of the molecule is Clc1cccc(Cl)c1CNCc1cccc2cccnc12. The second-order valence-corrected chi connectivity index (χ2v) is 5.61. The average molecular weight is 317 g/mol. The Morgan fingerprint density at radius 1 is 0.857 bits per heavy atom. The molecule has 0 radical (unpaired) electrons. The fraction of sp³-hybridized carbons (Fsp3) is 0.118. The van der Waals surface area contributed by atoms with Crippen molar-refractivity contribution in [3.63, 3.8) is 0 Å². The van der Waals surface area contributed by atoms with Gasteiger partial charge >= 0.3 is 0 Å². The summed E-state index contributed by atoms with van der Waals surface area (Å²) in [6, 6.07) is 15.8. The molecule has 1 N–H and O–H groups in total. The number of hydrogen-bond acceptors (Lipinski definition) is 2. The van der Waals surface area contributed by atoms with Crippen molar-refractivity contribution in [1.82, 2.24) is 10.3 Å². The van der Waals surface area contributed by atoms with E-state index in [9.17, 15) is 0 Å². The van der Waals surface area contributed by atoms with Crippen molar-refractivity contribution in [2.24, 2.45) is 0 Å². The highest BCUT2D eigenvalue weighted by Crippen LogP contribution is 2.24. The van der Waals surface area contributed by atoms with Crippen molar-refractivity contribution < 1.29 is 0 Å². The Balaban J connectivity index is 1.76. The molecule has 3 aromatic rings. The summed E-state index contributed by atoms with van der Waals surface area (Å²) in [5.74, 6) is 0. The van der Waals surface area contributed by atoms with Crippen LogP contribution in [0.3, 0.4) is 0 Å². The zero-order valence-electron chi connectivity index (χ0n) is 11.3. The Labute approximate surface area is 133 Å². The topological polar surface area (TPSA) is 24.9 Å². The van der Waals surface area contributed by atoms with Gasteiger partial charge in [0.05, 0.1) is 5.52 Å². The molecule has 3 rings (SSSR count). The van der Waals surface area contributed by atoms with Crippen molar-refractivity contribution in [1.29, 1.82) is 0 Å². The molecule has 0 aliphatic heterocycles. The third-order valence-corrected chi connectivity index (χ3v) is 4.10. The fourth-order valence-corrected chi connectivity index (χ4v) is 2.86. The molecule has 0 saturated heterocycles. The molecular weight excluding hydrogens is 303 g/mol. The third-order valence-electron chi connectivity index (χ3n) is 3.40. The first kappa shape index (κ1) is 14.3. The van der Waals surface area contributed by atoms with Crippen molar-refractivity contribution in [3.05, 3.63) is 75.9 Å². The van der Waals surface area contributed by atoms with E-state index in [1.54, 1.807) is 0 Å². The molecule has 0 bridgehead atoms. The van der Waals surface area contributed by atoms with Crippen LogP contribution in [-0.2, 0) is 13.1 Å². The number of para-hydroxylation sites is 1. The van der Waals surface area contributed by atoms with Gasteiger partial charge in [-0.25, -0.2) is 0 Å². The Hall–Kier alpha value is -1.61. The molecule has 0 saturated carbocycles. The van der Waals surface area contributed by atoms with E-state index in [-0.39, 0.29) is 0 Å². The lowest BCUT2D eigenvalue weighted by Gasteiger charge is -2.10. The molecule has 0 atom stereocenters. The summed E-state index contributed by atoms with van der Waals surface area (Å²) in [6.07, 6.45) is 1.82. The highest BCUT2D eigenvalue weighted by molar-refractivity contribution is 6.35. The molecule has 1 heterocycles. The molecular formula is C17H14Cl2N2. The van der Waals surface area contributed by atoms with E-state index in [4.69, 9.17) is 23.2 Å². The average Bonchev–Trinajstić information content (AvgIpc) is 2.50. The molecule has 0 amide bonds. The number of nitrogens with one attached hydrogen (secondary N) is 1. The Morgan fingerprint density at radius 3 is 2.38 bits per heavy atom. The van der Waals surface area contributed by atoms with Crippen LogP contribution in [0.4, 0.5) is 0 Å². The summed E-state index contributed by atoms with van der Waals surface area (Å²) in [5, 5.41) is 5.90. The number of hydrogen-bond donors (Lipinski definition) is 1. The molecule has 4 heteroatoms. The van der Waals surface area contributed by atoms with Gasteiger partial charge < -0.3 is 5.32 Å². The number of rotatable bonds is 4. The second kappa shape index (κ2) is 6.44. The molecule has 0 fully saturated rings. The predicted molar refractivity (Wildman–Crippen MR) is 88.7 cm³/mol. The number of nitrogens with zero attached hydrogens (tertiary/aromatic N) is 1. The van der Waals surface area contributed by atoms with E-state index in [1.807, 2.05) is 36.5 Å². The Kier molecular flexibility index (Phi) is 4.39. The van der Waals surface area contributed by atoms with Crippen molar-refractivity contribution >= 4 is 34.1 Å². The number of aromatic nitrogens is 1. The number of fused-ring (bicyclic) bond motifs is 1. The lowest BCUT2D eigenvalue weighted by atomic mass is 10.1. The van der Waals surface area contributed by atoms with Gasteiger partial charge in [0.1, 0.15) is 0 Å². The van der Waals surface area contributed by atoms with Crippen LogP contribution in [-0.4, -0.2) is 4.98 Å². The zero-order chi connectivity index (χ0) is 14.7. The van der Waals surface area contributed by atoms with E-state index >= 15 is 0 Å². The van der Waals surface area contributed by atoms with Gasteiger partial charge in [0.25, 0.3) is 0 Å². The molecule has 0 aliphatic carbocycles. The first-order valence-corrected chi connectivity index (χ1v) is 7.47. The van der Waals surface area contributed by atoms with Gasteiger partial charge in [0.15, 0.2) is 0 Å². The van der Waals surface area contributed by atoms with Gasteiger partial charge in [-0.1, -0.05) is 53.5 Å². The first-order chi connectivity index (χ1) is 10.3. The normalized spacial score (nSPS) is 11.0. The molecule has 0 aliphatic rings. The summed E-state index contributed by atoms with van der Waals surface area (Å²) in [6.45, 7) is 1.34. The maximum Gasteiger partial charge on any atom is 0.0746 e. The minimum atomic E-state index is 0.627. The van der Waals surface area contributed by atoms with Crippen molar-refractivity contribution in [2.45, 2.75) is 13.1 Å². The van der Waals surface area contributed by atoms with Crippen LogP contribution >= 0.6 is 23.2 Å². The Morgan fingerprint density at radius 2 is 1.57 bits per heavy atom. The number of halogens is 2. The van der Waals surface area contributed by atoms with Gasteiger partial charge in [0.2, 0.25) is 0 Å². The summed E-state index contributed by atoms with van der Waals surface area (Å²) >= 11 is 12.3. The molecule has 0 spiro atoms. The van der Waals surface area contributed by atoms with E-state index in [0.717, 1.165) is 28.6 Å². The molecule has 106 valence electrons. The maximum atomic E-state index is 6.17. The minimum absolute atomic E-state index is 0.627. The maximum absolute atomic E-state index is 6.17. The predicted octanol–water partition coefficient (Wildman–Crippen LogP) is 4.83. The largest absolute Gasteiger partial charge is 0.308 e. The van der Waals surface area contributed by atoms with Gasteiger partial charge in [-0.2, -0.15) is 0 Å². The highest BCUT2D eigenvalue weighted by Gasteiger charge is 2.06. The lowest BCUT2D eigenvalue weighted by molar-refractivity contribution is 0.696. The van der Waals surface area contributed by atoms with Gasteiger partial charge in [-0.15, -0.1) is 0 Å². The summed E-state index contributed by atoms with van der Waals surface area (Å²) < 4.78 is 0. The van der Waals surface area contributed by atoms with E-state index in [0.29, 0.717) is 16.6 Å². The highest BCUT2D eigenvalue weighted by atomic mass is 35.5. The van der Waals surface area contributed by atoms with Crippen molar-refractivity contribution in [3.8, 4) is 0 Å². The number of benzene rings is 2. The smallest absolute Gasteiger partial charge is 0.0746 e. The molecule has 2 aromatic carbocycles. The van der Waals surface area contributed by atoms with Crippen LogP contribution in [0.2, 0.25) is 10.0 Å². The lowest BCUT2D eigenvalue weighted by Crippen LogP contribution is -2.13. The second-order valence-electron chi connectivity index (χ2n) is 4.80. The fourth-order valence-electron chi connectivity index (χ4n) is 2.33. The van der Waals surface area contributed by atoms with Crippen LogP contribution < -0.4 is 5.32 Å². The monoisotopic (exact) mass is 316 g/mol. The summed E-state index contributed by atoms with van der Waals surface area (Å²) in [4.78, 5) is 4.45. The van der Waals surface area contributed by atoms with Crippen LogP contribution in [0.15, 0.2) is 54.7 Å². The first-order valence-electron chi connectivity index (χ1n) is 6.72. The van der Waals surface area contributed by atoms with Crippen LogP contribution in [0.1, 0.15) is 11.1 Å². The molecule has 0 unspecified atom stereocenters. The van der Waals surface area contributed by atoms with Crippen LogP contribution in [0, 0.1) is 0 Å². The number of pyridine rings is 1. The molecule has 1 aromatic heterocycles. The standard InChI is InChI=1S/C17H14Cl2N2/c18-15-7-2-8-16(19)14(15)11-20-10-13-5-1-4-12-6-3-9-21-17(12)13/h1-9,20H,10-11H2. The van der Waals surface area contributed by atoms with E-state index in [2.05, 4.69) is 28.5 Å². The molecule has 21 heavy (non-hydrogen) atoms. The quantitative estimate of drug-likeness (QED) is 0.745. The summed E-state index contributed by atoms with van der Waals surface area (Å²) in [7, 11) is 0. The summed E-state index contributed by atoms with van der Waals surface area (Å²) in [5.41, 5.74) is 3.11. The third kappa shape index (κ3) is 3.18. The zero-order valence-corrected chi connectivity index (χ0v) is 12.8. The van der Waals surface area contributed by atoms with E-state index in [1.165, 1.54) is 0 Å². The molecule has 2 nitrogen and oxygen atoms in total. The van der Waals surface area contributed by atoms with E-state index < -0.39 is 0 Å². The Bertz CT molecular complexity index is 746. The van der Waals surface area contributed by atoms with Crippen LogP contribution in [0.25, 0.3) is 10.9 Å². The van der Waals surface area contributed by atoms with Crippen molar-refractivity contribution in [2.75, 3.05) is 0 Å². The van der Waals surface area contributed by atoms with Gasteiger partial charge in [-0.3, -0.25) is 4.98 Å². The van der Waals surface area contributed by atoms with Gasteiger partial charge in [0, 0.05) is 40.3 Å². The minimum Gasteiger partial charge on any atom is -0.308 e.